The molecule has 60 heavy (non-hydrogen) atoms. The van der Waals surface area contributed by atoms with E-state index < -0.39 is 0 Å². The Morgan fingerprint density at radius 1 is 0.233 bits per heavy atom. The van der Waals surface area contributed by atoms with E-state index >= 15 is 0 Å². The van der Waals surface area contributed by atoms with Crippen LogP contribution in [0.1, 0.15) is 0 Å². The van der Waals surface area contributed by atoms with E-state index in [2.05, 4.69) is 229 Å². The summed E-state index contributed by atoms with van der Waals surface area (Å²) in [5.74, 6) is 0. The van der Waals surface area contributed by atoms with Gasteiger partial charge in [0.05, 0.1) is 0 Å². The number of anilines is 3. The first-order valence-corrected chi connectivity index (χ1v) is 20.5. The molecule has 0 spiro atoms. The van der Waals surface area contributed by atoms with Crippen LogP contribution in [0.5, 0.6) is 0 Å². The number of furan rings is 1. The third-order valence-corrected chi connectivity index (χ3v) is 11.6. The molecular weight excluding hydrogens is 727 g/mol. The van der Waals surface area contributed by atoms with Gasteiger partial charge in [0.1, 0.15) is 11.2 Å². The predicted octanol–water partition coefficient (Wildman–Crippen LogP) is 16.5. The van der Waals surface area contributed by atoms with Gasteiger partial charge in [-0.25, -0.2) is 0 Å². The Morgan fingerprint density at radius 3 is 1.37 bits per heavy atom. The van der Waals surface area contributed by atoms with E-state index in [0.29, 0.717) is 0 Å². The van der Waals surface area contributed by atoms with Crippen LogP contribution in [0, 0.1) is 0 Å². The Bertz CT molecular complexity index is 3310. The maximum atomic E-state index is 6.25. The molecule has 2 heteroatoms. The van der Waals surface area contributed by atoms with E-state index in [0.717, 1.165) is 55.7 Å². The highest BCUT2D eigenvalue weighted by molar-refractivity contribution is 6.06. The molecule has 0 amide bonds. The van der Waals surface area contributed by atoms with E-state index in [-0.39, 0.29) is 0 Å². The minimum absolute atomic E-state index is 0.899. The standard InChI is InChI=1S/C58H39NO/c1-2-11-40(12-3-1)45-15-8-17-47(35-45)49-19-10-20-54(38-49)59(53-32-27-43(28-33-53)51-29-34-56-55-21-6-7-22-57(55)60-58(56)39-51)52-30-25-42(26-31-52)46-16-9-18-48(36-46)50-24-23-41-13-4-5-14-44(41)37-50/h1-39H. The van der Waals surface area contributed by atoms with Gasteiger partial charge in [-0.2, -0.15) is 0 Å². The van der Waals surface area contributed by atoms with Gasteiger partial charge in [0.25, 0.3) is 0 Å². The molecule has 0 saturated carbocycles. The Hall–Kier alpha value is -7.94. The average Bonchev–Trinajstić information content (AvgIpc) is 3.70. The summed E-state index contributed by atoms with van der Waals surface area (Å²) >= 11 is 0. The monoisotopic (exact) mass is 765 g/mol. The van der Waals surface area contributed by atoms with Gasteiger partial charge in [0.2, 0.25) is 0 Å². The minimum atomic E-state index is 0.899. The molecule has 0 fully saturated rings. The molecule has 0 aliphatic rings. The van der Waals surface area contributed by atoms with Gasteiger partial charge in [-0.3, -0.25) is 0 Å². The summed E-state index contributed by atoms with van der Waals surface area (Å²) in [6.07, 6.45) is 0. The number of benzene rings is 10. The molecule has 0 aliphatic heterocycles. The third kappa shape index (κ3) is 6.70. The van der Waals surface area contributed by atoms with E-state index in [9.17, 15) is 0 Å². The van der Waals surface area contributed by atoms with Gasteiger partial charge in [0.15, 0.2) is 0 Å². The highest BCUT2D eigenvalue weighted by atomic mass is 16.3. The van der Waals surface area contributed by atoms with Crippen molar-refractivity contribution < 1.29 is 4.42 Å². The fourth-order valence-electron chi connectivity index (χ4n) is 8.54. The molecule has 11 rings (SSSR count). The molecule has 2 nitrogen and oxygen atoms in total. The Balaban J connectivity index is 0.961. The van der Waals surface area contributed by atoms with Crippen molar-refractivity contribution in [1.82, 2.24) is 0 Å². The first kappa shape index (κ1) is 35.2. The molecule has 11 aromatic rings. The zero-order valence-electron chi connectivity index (χ0n) is 32.9. The lowest BCUT2D eigenvalue weighted by Gasteiger charge is -2.26. The van der Waals surface area contributed by atoms with Gasteiger partial charge < -0.3 is 9.32 Å². The van der Waals surface area contributed by atoms with Crippen LogP contribution in [0.25, 0.3) is 88.3 Å². The second kappa shape index (κ2) is 15.1. The van der Waals surface area contributed by atoms with Crippen molar-refractivity contribution in [3.63, 3.8) is 0 Å². The number of rotatable bonds is 8. The Labute approximate surface area is 349 Å². The summed E-state index contributed by atoms with van der Waals surface area (Å²) in [7, 11) is 0. The molecule has 1 heterocycles. The fourth-order valence-corrected chi connectivity index (χ4v) is 8.54. The van der Waals surface area contributed by atoms with Crippen molar-refractivity contribution in [2.45, 2.75) is 0 Å². The van der Waals surface area contributed by atoms with E-state index in [4.69, 9.17) is 4.42 Å². The lowest BCUT2D eigenvalue weighted by Crippen LogP contribution is -2.10. The zero-order valence-corrected chi connectivity index (χ0v) is 32.9. The minimum Gasteiger partial charge on any atom is -0.456 e. The van der Waals surface area contributed by atoms with Crippen molar-refractivity contribution in [2.75, 3.05) is 4.90 Å². The molecule has 0 aliphatic carbocycles. The van der Waals surface area contributed by atoms with Gasteiger partial charge in [-0.1, -0.05) is 164 Å². The first-order chi connectivity index (χ1) is 29.7. The lowest BCUT2D eigenvalue weighted by molar-refractivity contribution is 0.669. The third-order valence-electron chi connectivity index (χ3n) is 11.6. The number of hydrogen-bond acceptors (Lipinski definition) is 2. The number of nitrogens with zero attached hydrogens (tertiary/aromatic N) is 1. The normalized spacial score (nSPS) is 11.3. The van der Waals surface area contributed by atoms with Gasteiger partial charge in [0, 0.05) is 27.8 Å². The summed E-state index contributed by atoms with van der Waals surface area (Å²) in [4.78, 5) is 2.35. The van der Waals surface area contributed by atoms with Crippen LogP contribution < -0.4 is 4.90 Å². The number of fused-ring (bicyclic) bond motifs is 4. The molecule has 0 unspecified atom stereocenters. The Morgan fingerprint density at radius 2 is 0.683 bits per heavy atom. The molecular formula is C58H39NO. The summed E-state index contributed by atoms with van der Waals surface area (Å²) < 4.78 is 6.25. The molecule has 1 aromatic heterocycles. The van der Waals surface area contributed by atoms with Crippen LogP contribution >= 0.6 is 0 Å². The van der Waals surface area contributed by atoms with Crippen LogP contribution in [0.4, 0.5) is 17.1 Å². The van der Waals surface area contributed by atoms with Crippen LogP contribution in [-0.4, -0.2) is 0 Å². The van der Waals surface area contributed by atoms with Crippen molar-refractivity contribution in [3.8, 4) is 55.6 Å². The van der Waals surface area contributed by atoms with E-state index in [1.54, 1.807) is 0 Å². The summed E-state index contributed by atoms with van der Waals surface area (Å²) in [5.41, 5.74) is 16.8. The number of hydrogen-bond donors (Lipinski definition) is 0. The van der Waals surface area contributed by atoms with Crippen molar-refractivity contribution in [2.24, 2.45) is 0 Å². The average molecular weight is 766 g/mol. The van der Waals surface area contributed by atoms with Crippen molar-refractivity contribution in [3.05, 3.63) is 237 Å². The second-order valence-electron chi connectivity index (χ2n) is 15.4. The SMILES string of the molecule is c1ccc(-c2cccc(-c3cccc(N(c4ccc(-c5cccc(-c6ccc7ccccc7c6)c5)cc4)c4ccc(-c5ccc6c(c5)oc5ccccc56)cc4)c3)c2)cc1. The highest BCUT2D eigenvalue weighted by Gasteiger charge is 2.16. The van der Waals surface area contributed by atoms with Gasteiger partial charge in [-0.15, -0.1) is 0 Å². The largest absolute Gasteiger partial charge is 0.456 e. The molecule has 10 aromatic carbocycles. The molecule has 0 bridgehead atoms. The molecule has 0 radical (unpaired) electrons. The van der Waals surface area contributed by atoms with Gasteiger partial charge >= 0.3 is 0 Å². The fraction of sp³-hybridized carbons (Fsp3) is 0. The molecule has 0 atom stereocenters. The predicted molar refractivity (Wildman–Crippen MR) is 253 cm³/mol. The summed E-state index contributed by atoms with van der Waals surface area (Å²) in [6, 6.07) is 85.0. The van der Waals surface area contributed by atoms with Crippen LogP contribution in [-0.2, 0) is 0 Å². The molecule has 0 N–H and O–H groups in total. The zero-order chi connectivity index (χ0) is 39.8. The van der Waals surface area contributed by atoms with Crippen LogP contribution in [0.15, 0.2) is 241 Å². The number of para-hydroxylation sites is 1. The molecule has 282 valence electrons. The van der Waals surface area contributed by atoms with Crippen molar-refractivity contribution in [1.29, 1.82) is 0 Å². The summed E-state index contributed by atoms with van der Waals surface area (Å²) in [5, 5.41) is 4.78. The van der Waals surface area contributed by atoms with Crippen LogP contribution in [0.2, 0.25) is 0 Å². The maximum Gasteiger partial charge on any atom is 0.136 e. The summed E-state index contributed by atoms with van der Waals surface area (Å²) in [6.45, 7) is 0. The van der Waals surface area contributed by atoms with E-state index in [1.165, 1.54) is 49.7 Å². The van der Waals surface area contributed by atoms with Crippen molar-refractivity contribution >= 4 is 49.8 Å². The second-order valence-corrected chi connectivity index (χ2v) is 15.4. The van der Waals surface area contributed by atoms with Crippen LogP contribution in [0.3, 0.4) is 0 Å². The quantitative estimate of drug-likeness (QED) is 0.153. The van der Waals surface area contributed by atoms with Gasteiger partial charge in [-0.05, 0) is 139 Å². The van der Waals surface area contributed by atoms with E-state index in [1.807, 2.05) is 12.1 Å². The molecule has 0 saturated heterocycles. The topological polar surface area (TPSA) is 16.4 Å². The maximum absolute atomic E-state index is 6.25. The lowest BCUT2D eigenvalue weighted by atomic mass is 9.97. The highest BCUT2D eigenvalue weighted by Crippen LogP contribution is 2.40. The smallest absolute Gasteiger partial charge is 0.136 e. The first-order valence-electron chi connectivity index (χ1n) is 20.5. The Kier molecular flexibility index (Phi) is 8.87.